The van der Waals surface area contributed by atoms with Crippen molar-refractivity contribution in [3.8, 4) is 0 Å². The number of rotatable bonds is 3. The van der Waals surface area contributed by atoms with E-state index in [1.165, 1.54) is 18.2 Å². The standard InChI is InChI=1S/C17H18FN3O2/c1-12-19-17(23-20-12)14-8-10-21(11-9-14)16(22)7-4-13-2-5-15(18)6-3-13/h2-7,14H,8-11H2,1H3. The Morgan fingerprint density at radius 1 is 1.30 bits per heavy atom. The van der Waals surface area contributed by atoms with Crippen LogP contribution >= 0.6 is 0 Å². The van der Waals surface area contributed by atoms with Gasteiger partial charge in [-0.25, -0.2) is 4.39 Å². The zero-order valence-corrected chi connectivity index (χ0v) is 12.9. The lowest BCUT2D eigenvalue weighted by molar-refractivity contribution is -0.127. The Balaban J connectivity index is 1.54. The van der Waals surface area contributed by atoms with Gasteiger partial charge in [-0.3, -0.25) is 4.79 Å². The molecule has 1 aromatic carbocycles. The van der Waals surface area contributed by atoms with Crippen LogP contribution in [0.1, 0.15) is 36.0 Å². The number of hydrogen-bond donors (Lipinski definition) is 0. The second-order valence-corrected chi connectivity index (χ2v) is 5.66. The van der Waals surface area contributed by atoms with Gasteiger partial charge in [-0.05, 0) is 43.5 Å². The summed E-state index contributed by atoms with van der Waals surface area (Å²) >= 11 is 0. The lowest BCUT2D eigenvalue weighted by Crippen LogP contribution is -2.36. The molecule has 0 N–H and O–H groups in total. The first-order chi connectivity index (χ1) is 11.1. The van der Waals surface area contributed by atoms with Gasteiger partial charge in [0, 0.05) is 25.1 Å². The molecule has 0 spiro atoms. The molecular weight excluding hydrogens is 297 g/mol. The fraction of sp³-hybridized carbons (Fsp3) is 0.353. The molecule has 3 rings (SSSR count). The molecule has 5 nitrogen and oxygen atoms in total. The minimum absolute atomic E-state index is 0.0329. The number of hydrogen-bond acceptors (Lipinski definition) is 4. The lowest BCUT2D eigenvalue weighted by atomic mass is 9.96. The summed E-state index contributed by atoms with van der Waals surface area (Å²) in [6.45, 7) is 3.13. The molecular formula is C17H18FN3O2. The fourth-order valence-corrected chi connectivity index (χ4v) is 2.67. The van der Waals surface area contributed by atoms with Gasteiger partial charge in [-0.15, -0.1) is 0 Å². The van der Waals surface area contributed by atoms with Crippen LogP contribution in [0.4, 0.5) is 4.39 Å². The molecule has 1 aliphatic heterocycles. The van der Waals surface area contributed by atoms with Crippen molar-refractivity contribution in [3.05, 3.63) is 53.4 Å². The van der Waals surface area contributed by atoms with Crippen LogP contribution in [0.5, 0.6) is 0 Å². The van der Waals surface area contributed by atoms with Crippen LogP contribution in [-0.4, -0.2) is 34.0 Å². The van der Waals surface area contributed by atoms with E-state index >= 15 is 0 Å². The quantitative estimate of drug-likeness (QED) is 0.817. The van der Waals surface area contributed by atoms with Crippen molar-refractivity contribution in [1.82, 2.24) is 15.0 Å². The fourth-order valence-electron chi connectivity index (χ4n) is 2.67. The first kappa shape index (κ1) is 15.4. The Bertz CT molecular complexity index is 701. The molecule has 0 atom stereocenters. The third-order valence-corrected chi connectivity index (χ3v) is 3.99. The Morgan fingerprint density at radius 3 is 2.61 bits per heavy atom. The number of aromatic nitrogens is 2. The molecule has 6 heteroatoms. The zero-order chi connectivity index (χ0) is 16.2. The zero-order valence-electron chi connectivity index (χ0n) is 12.9. The lowest BCUT2D eigenvalue weighted by Gasteiger charge is -2.29. The highest BCUT2D eigenvalue weighted by atomic mass is 19.1. The van der Waals surface area contributed by atoms with Crippen LogP contribution in [0.25, 0.3) is 6.08 Å². The van der Waals surface area contributed by atoms with Gasteiger partial charge in [0.25, 0.3) is 0 Å². The van der Waals surface area contributed by atoms with Crippen LogP contribution in [-0.2, 0) is 4.79 Å². The normalized spacial score (nSPS) is 16.2. The second kappa shape index (κ2) is 6.73. The summed E-state index contributed by atoms with van der Waals surface area (Å²) in [5.41, 5.74) is 0.802. The van der Waals surface area contributed by atoms with E-state index in [1.54, 1.807) is 30.0 Å². The first-order valence-electron chi connectivity index (χ1n) is 7.64. The maximum Gasteiger partial charge on any atom is 0.246 e. The summed E-state index contributed by atoms with van der Waals surface area (Å²) in [6, 6.07) is 6.04. The van der Waals surface area contributed by atoms with Crippen molar-refractivity contribution in [2.45, 2.75) is 25.7 Å². The van der Waals surface area contributed by atoms with Crippen molar-refractivity contribution in [3.63, 3.8) is 0 Å². The smallest absolute Gasteiger partial charge is 0.246 e. The van der Waals surface area contributed by atoms with E-state index in [0.717, 1.165) is 18.4 Å². The summed E-state index contributed by atoms with van der Waals surface area (Å²) in [7, 11) is 0. The highest BCUT2D eigenvalue weighted by Crippen LogP contribution is 2.26. The summed E-state index contributed by atoms with van der Waals surface area (Å²) in [5.74, 6) is 1.21. The number of benzene rings is 1. The van der Waals surface area contributed by atoms with Gasteiger partial charge in [0.2, 0.25) is 11.8 Å². The molecule has 0 bridgehead atoms. The van der Waals surface area contributed by atoms with Crippen molar-refractivity contribution in [1.29, 1.82) is 0 Å². The third kappa shape index (κ3) is 3.83. The molecule has 23 heavy (non-hydrogen) atoms. The van der Waals surface area contributed by atoms with Gasteiger partial charge < -0.3 is 9.42 Å². The number of nitrogens with zero attached hydrogens (tertiary/aromatic N) is 3. The summed E-state index contributed by atoms with van der Waals surface area (Å²) in [5, 5.41) is 3.81. The molecule has 1 fully saturated rings. The van der Waals surface area contributed by atoms with E-state index in [0.29, 0.717) is 24.8 Å². The highest BCUT2D eigenvalue weighted by molar-refractivity contribution is 5.91. The van der Waals surface area contributed by atoms with Gasteiger partial charge in [0.15, 0.2) is 5.82 Å². The third-order valence-electron chi connectivity index (χ3n) is 3.99. The molecule has 1 amide bonds. The first-order valence-corrected chi connectivity index (χ1v) is 7.64. The minimum atomic E-state index is -0.285. The van der Waals surface area contributed by atoms with Gasteiger partial charge in [-0.2, -0.15) is 4.98 Å². The van der Waals surface area contributed by atoms with Crippen molar-refractivity contribution >= 4 is 12.0 Å². The number of aryl methyl sites for hydroxylation is 1. The van der Waals surface area contributed by atoms with Crippen LogP contribution in [0, 0.1) is 12.7 Å². The summed E-state index contributed by atoms with van der Waals surface area (Å²) < 4.78 is 18.0. The predicted molar refractivity (Wildman–Crippen MR) is 83.0 cm³/mol. The molecule has 0 radical (unpaired) electrons. The molecule has 0 saturated carbocycles. The molecule has 120 valence electrons. The van der Waals surface area contributed by atoms with Crippen LogP contribution < -0.4 is 0 Å². The maximum atomic E-state index is 12.8. The number of piperidine rings is 1. The number of likely N-dealkylation sites (tertiary alicyclic amines) is 1. The second-order valence-electron chi connectivity index (χ2n) is 5.66. The molecule has 2 heterocycles. The van der Waals surface area contributed by atoms with Crippen LogP contribution in [0.3, 0.4) is 0 Å². The molecule has 0 aliphatic carbocycles. The number of carbonyl (C=O) groups is 1. The van der Waals surface area contributed by atoms with Crippen LogP contribution in [0.15, 0.2) is 34.9 Å². The van der Waals surface area contributed by atoms with Crippen molar-refractivity contribution in [2.75, 3.05) is 13.1 Å². The van der Waals surface area contributed by atoms with Gasteiger partial charge in [0.1, 0.15) is 5.82 Å². The molecule has 2 aromatic rings. The Morgan fingerprint density at radius 2 is 2.00 bits per heavy atom. The van der Waals surface area contributed by atoms with Crippen molar-refractivity contribution < 1.29 is 13.7 Å². The Hall–Kier alpha value is -2.50. The average Bonchev–Trinajstić information content (AvgIpc) is 3.01. The molecule has 1 aliphatic rings. The summed E-state index contributed by atoms with van der Waals surface area (Å²) in [6.07, 6.45) is 4.87. The number of amides is 1. The SMILES string of the molecule is Cc1noc(C2CCN(C(=O)C=Cc3ccc(F)cc3)CC2)n1. The monoisotopic (exact) mass is 315 g/mol. The van der Waals surface area contributed by atoms with E-state index in [4.69, 9.17) is 4.52 Å². The van der Waals surface area contributed by atoms with E-state index in [1.807, 2.05) is 0 Å². The van der Waals surface area contributed by atoms with Gasteiger partial charge in [0.05, 0.1) is 0 Å². The minimum Gasteiger partial charge on any atom is -0.339 e. The van der Waals surface area contributed by atoms with E-state index in [2.05, 4.69) is 10.1 Å². The largest absolute Gasteiger partial charge is 0.339 e. The van der Waals surface area contributed by atoms with Gasteiger partial charge >= 0.3 is 0 Å². The average molecular weight is 315 g/mol. The van der Waals surface area contributed by atoms with Crippen molar-refractivity contribution in [2.24, 2.45) is 0 Å². The Labute approximate surface area is 133 Å². The van der Waals surface area contributed by atoms with Crippen LogP contribution in [0.2, 0.25) is 0 Å². The predicted octanol–water partition coefficient (Wildman–Crippen LogP) is 2.94. The molecule has 1 saturated heterocycles. The highest BCUT2D eigenvalue weighted by Gasteiger charge is 2.26. The van der Waals surface area contributed by atoms with E-state index < -0.39 is 0 Å². The van der Waals surface area contributed by atoms with E-state index in [9.17, 15) is 9.18 Å². The number of carbonyl (C=O) groups excluding carboxylic acids is 1. The topological polar surface area (TPSA) is 59.2 Å². The van der Waals surface area contributed by atoms with Gasteiger partial charge in [-0.1, -0.05) is 17.3 Å². The van der Waals surface area contributed by atoms with E-state index in [-0.39, 0.29) is 17.6 Å². The Kier molecular flexibility index (Phi) is 4.50. The molecule has 1 aromatic heterocycles. The molecule has 0 unspecified atom stereocenters. The summed E-state index contributed by atoms with van der Waals surface area (Å²) in [4.78, 5) is 18.3. The maximum absolute atomic E-state index is 12.8. The number of halogens is 1.